The SMILES string of the molecule is CC(=O)c1ccc(OCc2cnccn2)cc1. The fraction of sp³-hybridized carbons (Fsp3) is 0.154. The third-order valence-corrected chi connectivity index (χ3v) is 2.26. The average Bonchev–Trinajstić information content (AvgIpc) is 2.38. The van der Waals surface area contributed by atoms with Crippen molar-refractivity contribution >= 4 is 5.78 Å². The number of hydrogen-bond acceptors (Lipinski definition) is 4. The maximum Gasteiger partial charge on any atom is 0.159 e. The smallest absolute Gasteiger partial charge is 0.159 e. The molecule has 0 amide bonds. The van der Waals surface area contributed by atoms with Crippen molar-refractivity contribution in [1.82, 2.24) is 9.97 Å². The highest BCUT2D eigenvalue weighted by atomic mass is 16.5. The summed E-state index contributed by atoms with van der Waals surface area (Å²) in [4.78, 5) is 19.1. The first-order valence-corrected chi connectivity index (χ1v) is 5.24. The standard InChI is InChI=1S/C13H12N2O2/c1-10(16)11-2-4-13(5-3-11)17-9-12-8-14-6-7-15-12/h2-8H,9H2,1H3. The van der Waals surface area contributed by atoms with Crippen LogP contribution in [0.2, 0.25) is 0 Å². The quantitative estimate of drug-likeness (QED) is 0.753. The summed E-state index contributed by atoms with van der Waals surface area (Å²) in [6, 6.07) is 7.03. The van der Waals surface area contributed by atoms with E-state index in [4.69, 9.17) is 4.74 Å². The molecule has 0 saturated heterocycles. The first-order chi connectivity index (χ1) is 8.25. The molecule has 4 nitrogen and oxygen atoms in total. The highest BCUT2D eigenvalue weighted by molar-refractivity contribution is 5.94. The largest absolute Gasteiger partial charge is 0.487 e. The Morgan fingerprint density at radius 2 is 2.00 bits per heavy atom. The topological polar surface area (TPSA) is 52.1 Å². The van der Waals surface area contributed by atoms with Crippen LogP contribution in [0.3, 0.4) is 0 Å². The van der Waals surface area contributed by atoms with E-state index in [0.29, 0.717) is 17.9 Å². The summed E-state index contributed by atoms with van der Waals surface area (Å²) in [5, 5.41) is 0. The number of Topliss-reactive ketones (excluding diaryl/α,β-unsaturated/α-hetero) is 1. The van der Waals surface area contributed by atoms with Gasteiger partial charge in [-0.3, -0.25) is 14.8 Å². The fourth-order valence-electron chi connectivity index (χ4n) is 1.35. The first-order valence-electron chi connectivity index (χ1n) is 5.24. The summed E-state index contributed by atoms with van der Waals surface area (Å²) < 4.78 is 5.51. The van der Waals surface area contributed by atoms with Gasteiger partial charge in [0, 0.05) is 18.0 Å². The van der Waals surface area contributed by atoms with Crippen molar-refractivity contribution in [3.63, 3.8) is 0 Å². The van der Waals surface area contributed by atoms with Gasteiger partial charge in [0.05, 0.1) is 11.9 Å². The number of benzene rings is 1. The summed E-state index contributed by atoms with van der Waals surface area (Å²) in [5.41, 5.74) is 1.44. The number of nitrogens with zero attached hydrogens (tertiary/aromatic N) is 2. The number of carbonyl (C=O) groups excluding carboxylic acids is 1. The van der Waals surface area contributed by atoms with Gasteiger partial charge in [0.2, 0.25) is 0 Å². The fourth-order valence-corrected chi connectivity index (χ4v) is 1.35. The van der Waals surface area contributed by atoms with Crippen molar-refractivity contribution in [3.05, 3.63) is 54.1 Å². The van der Waals surface area contributed by atoms with Crippen LogP contribution in [-0.2, 0) is 6.61 Å². The monoisotopic (exact) mass is 228 g/mol. The van der Waals surface area contributed by atoms with Crippen molar-refractivity contribution in [2.45, 2.75) is 13.5 Å². The minimum Gasteiger partial charge on any atom is -0.487 e. The van der Waals surface area contributed by atoms with Gasteiger partial charge in [-0.2, -0.15) is 0 Å². The molecule has 0 spiro atoms. The zero-order valence-corrected chi connectivity index (χ0v) is 9.46. The minimum atomic E-state index is 0.0467. The molecule has 0 aliphatic heterocycles. The van der Waals surface area contributed by atoms with Crippen LogP contribution in [0.5, 0.6) is 5.75 Å². The second-order valence-electron chi connectivity index (χ2n) is 3.57. The van der Waals surface area contributed by atoms with Crippen LogP contribution < -0.4 is 4.74 Å². The van der Waals surface area contributed by atoms with E-state index in [1.165, 1.54) is 6.92 Å². The normalized spacial score (nSPS) is 9.94. The Hall–Kier alpha value is -2.23. The van der Waals surface area contributed by atoms with Crippen molar-refractivity contribution in [2.75, 3.05) is 0 Å². The van der Waals surface area contributed by atoms with Gasteiger partial charge in [-0.25, -0.2) is 0 Å². The molecule has 0 aliphatic carbocycles. The van der Waals surface area contributed by atoms with Gasteiger partial charge in [-0.1, -0.05) is 0 Å². The van der Waals surface area contributed by atoms with Crippen molar-refractivity contribution in [1.29, 1.82) is 0 Å². The Morgan fingerprint density at radius 1 is 1.24 bits per heavy atom. The molecule has 0 saturated carbocycles. The molecule has 1 aromatic carbocycles. The van der Waals surface area contributed by atoms with Crippen LogP contribution in [0.4, 0.5) is 0 Å². The molecule has 86 valence electrons. The lowest BCUT2D eigenvalue weighted by molar-refractivity contribution is 0.101. The second kappa shape index (κ2) is 5.21. The molecule has 17 heavy (non-hydrogen) atoms. The van der Waals surface area contributed by atoms with Gasteiger partial charge < -0.3 is 4.74 Å². The summed E-state index contributed by atoms with van der Waals surface area (Å²) in [5.74, 6) is 0.756. The predicted molar refractivity (Wildman–Crippen MR) is 62.8 cm³/mol. The molecule has 2 aromatic rings. The first kappa shape index (κ1) is 11.3. The van der Waals surface area contributed by atoms with E-state index in [1.807, 2.05) is 0 Å². The van der Waals surface area contributed by atoms with Gasteiger partial charge in [0.1, 0.15) is 12.4 Å². The Labute approximate surface area is 99.3 Å². The molecule has 0 unspecified atom stereocenters. The number of hydrogen-bond donors (Lipinski definition) is 0. The van der Waals surface area contributed by atoms with E-state index in [9.17, 15) is 4.79 Å². The third kappa shape index (κ3) is 3.11. The van der Waals surface area contributed by atoms with Crippen LogP contribution in [0, 0.1) is 0 Å². The van der Waals surface area contributed by atoms with Crippen molar-refractivity contribution < 1.29 is 9.53 Å². The molecule has 1 heterocycles. The Kier molecular flexibility index (Phi) is 3.45. The molecule has 0 atom stereocenters. The number of rotatable bonds is 4. The maximum atomic E-state index is 11.1. The van der Waals surface area contributed by atoms with Gasteiger partial charge in [0.15, 0.2) is 5.78 Å². The van der Waals surface area contributed by atoms with Gasteiger partial charge in [-0.05, 0) is 31.2 Å². The molecule has 2 rings (SSSR count). The lowest BCUT2D eigenvalue weighted by Gasteiger charge is -2.05. The second-order valence-corrected chi connectivity index (χ2v) is 3.57. The minimum absolute atomic E-state index is 0.0467. The lowest BCUT2D eigenvalue weighted by Crippen LogP contribution is -1.99. The number of aromatic nitrogens is 2. The Bertz CT molecular complexity index is 495. The van der Waals surface area contributed by atoms with Crippen LogP contribution in [-0.4, -0.2) is 15.8 Å². The van der Waals surface area contributed by atoms with Crippen LogP contribution in [0.15, 0.2) is 42.9 Å². The average molecular weight is 228 g/mol. The lowest BCUT2D eigenvalue weighted by atomic mass is 10.1. The number of ketones is 1. The Morgan fingerprint density at radius 3 is 2.59 bits per heavy atom. The summed E-state index contributed by atoms with van der Waals surface area (Å²) in [6.45, 7) is 1.91. The number of ether oxygens (including phenoxy) is 1. The predicted octanol–water partition coefficient (Wildman–Crippen LogP) is 2.26. The zero-order chi connectivity index (χ0) is 12.1. The van der Waals surface area contributed by atoms with Crippen molar-refractivity contribution in [3.8, 4) is 5.75 Å². The van der Waals surface area contributed by atoms with Crippen LogP contribution in [0.1, 0.15) is 23.0 Å². The van der Waals surface area contributed by atoms with Crippen LogP contribution in [0.25, 0.3) is 0 Å². The summed E-state index contributed by atoms with van der Waals surface area (Å²) in [6.07, 6.45) is 4.90. The van der Waals surface area contributed by atoms with E-state index in [2.05, 4.69) is 9.97 Å². The Balaban J connectivity index is 1.98. The van der Waals surface area contributed by atoms with Crippen LogP contribution >= 0.6 is 0 Å². The van der Waals surface area contributed by atoms with E-state index in [1.54, 1.807) is 42.9 Å². The van der Waals surface area contributed by atoms with Gasteiger partial charge >= 0.3 is 0 Å². The molecule has 4 heteroatoms. The third-order valence-electron chi connectivity index (χ3n) is 2.26. The molecule has 0 fully saturated rings. The molecule has 0 bridgehead atoms. The molecular formula is C13H12N2O2. The van der Waals surface area contributed by atoms with E-state index in [-0.39, 0.29) is 5.78 Å². The van der Waals surface area contributed by atoms with E-state index in [0.717, 1.165) is 5.69 Å². The number of carbonyl (C=O) groups is 1. The summed E-state index contributed by atoms with van der Waals surface area (Å²) in [7, 11) is 0. The van der Waals surface area contributed by atoms with E-state index < -0.39 is 0 Å². The summed E-state index contributed by atoms with van der Waals surface area (Å²) >= 11 is 0. The highest BCUT2D eigenvalue weighted by Gasteiger charge is 2.00. The zero-order valence-electron chi connectivity index (χ0n) is 9.46. The van der Waals surface area contributed by atoms with Gasteiger partial charge in [0.25, 0.3) is 0 Å². The molecular weight excluding hydrogens is 216 g/mol. The van der Waals surface area contributed by atoms with E-state index >= 15 is 0 Å². The van der Waals surface area contributed by atoms with Crippen molar-refractivity contribution in [2.24, 2.45) is 0 Å². The van der Waals surface area contributed by atoms with Gasteiger partial charge in [-0.15, -0.1) is 0 Å². The molecule has 0 N–H and O–H groups in total. The molecule has 1 aromatic heterocycles. The molecule has 0 radical (unpaired) electrons. The maximum absolute atomic E-state index is 11.1. The molecule has 0 aliphatic rings. The highest BCUT2D eigenvalue weighted by Crippen LogP contribution is 2.13.